The summed E-state index contributed by atoms with van der Waals surface area (Å²) in [5.41, 5.74) is 1.68. The van der Waals surface area contributed by atoms with Gasteiger partial charge in [-0.2, -0.15) is 18.3 Å². The van der Waals surface area contributed by atoms with Gasteiger partial charge >= 0.3 is 6.18 Å². The Morgan fingerprint density at radius 1 is 1.15 bits per heavy atom. The van der Waals surface area contributed by atoms with Crippen molar-refractivity contribution in [2.24, 2.45) is 0 Å². The summed E-state index contributed by atoms with van der Waals surface area (Å²) in [7, 11) is 2.91. The van der Waals surface area contributed by atoms with Crippen molar-refractivity contribution in [1.29, 1.82) is 0 Å². The fourth-order valence-electron chi connectivity index (χ4n) is 3.86. The molecule has 2 aromatic carbocycles. The Bertz CT molecular complexity index is 1210. The Morgan fingerprint density at radius 3 is 2.44 bits per heavy atom. The third-order valence-electron chi connectivity index (χ3n) is 5.63. The molecule has 11 heteroatoms. The number of anilines is 2. The summed E-state index contributed by atoms with van der Waals surface area (Å²) in [6.45, 7) is 1.89. The minimum Gasteiger partial charge on any atom is -0.493 e. The number of aryl methyl sites for hydroxylation is 1. The number of fused-ring (bicyclic) bond motifs is 1. The normalized spacial score (nSPS) is 17.5. The number of nitrogens with one attached hydrogen (secondary N) is 2. The molecular weight excluding hydrogens is 473 g/mol. The van der Waals surface area contributed by atoms with Gasteiger partial charge in [0.25, 0.3) is 5.91 Å². The van der Waals surface area contributed by atoms with Crippen molar-refractivity contribution >= 4 is 29.0 Å². The predicted molar refractivity (Wildman–Crippen MR) is 122 cm³/mol. The van der Waals surface area contributed by atoms with E-state index in [1.165, 1.54) is 20.3 Å². The van der Waals surface area contributed by atoms with Crippen LogP contribution < -0.4 is 20.1 Å². The first-order valence-corrected chi connectivity index (χ1v) is 10.7. The molecule has 4 rings (SSSR count). The van der Waals surface area contributed by atoms with Crippen molar-refractivity contribution in [2.75, 3.05) is 24.9 Å². The molecule has 0 unspecified atom stereocenters. The van der Waals surface area contributed by atoms with Crippen LogP contribution in [0.2, 0.25) is 5.02 Å². The van der Waals surface area contributed by atoms with Gasteiger partial charge in [0.05, 0.1) is 20.3 Å². The van der Waals surface area contributed by atoms with Crippen LogP contribution in [-0.2, 0) is 0 Å². The predicted octanol–water partition coefficient (Wildman–Crippen LogP) is 5.77. The average molecular weight is 495 g/mol. The number of alkyl halides is 3. The quantitative estimate of drug-likeness (QED) is 0.470. The maximum atomic E-state index is 14.0. The number of hydrogen-bond acceptors (Lipinski definition) is 5. The Kier molecular flexibility index (Phi) is 6.35. The van der Waals surface area contributed by atoms with Gasteiger partial charge in [0.2, 0.25) is 0 Å². The minimum absolute atomic E-state index is 0.0571. The summed E-state index contributed by atoms with van der Waals surface area (Å²) in [6, 6.07) is 9.26. The standard InChI is InChI=1S/C23H22ClF3N4O3/c1-12-4-6-13(7-5-12)15-11-18(23(25,26)27)31-21(29-15)19(24)20(30-31)22(32)28-14-8-9-16(33-2)17(10-14)34-3/h4-10,15,18,29H,11H2,1-3H3,(H,28,32)/t15-,18-/m1/s1. The molecule has 1 aliphatic heterocycles. The zero-order valence-corrected chi connectivity index (χ0v) is 19.3. The number of carbonyl (C=O) groups excluding carboxylic acids is 1. The van der Waals surface area contributed by atoms with E-state index < -0.39 is 24.2 Å². The van der Waals surface area contributed by atoms with Gasteiger partial charge in [-0.05, 0) is 24.6 Å². The van der Waals surface area contributed by atoms with Gasteiger partial charge in [0.1, 0.15) is 10.8 Å². The lowest BCUT2D eigenvalue weighted by Gasteiger charge is -2.33. The van der Waals surface area contributed by atoms with Crippen LogP contribution in [0.15, 0.2) is 42.5 Å². The third-order valence-corrected chi connectivity index (χ3v) is 5.99. The number of benzene rings is 2. The SMILES string of the molecule is COc1ccc(NC(=O)c2nn3c(c2Cl)N[C@@H](c2ccc(C)cc2)C[C@@H]3C(F)(F)F)cc1OC. The molecule has 3 aromatic rings. The zero-order chi connectivity index (χ0) is 24.6. The van der Waals surface area contributed by atoms with Crippen LogP contribution in [0.5, 0.6) is 11.5 Å². The van der Waals surface area contributed by atoms with Crippen molar-refractivity contribution in [3.63, 3.8) is 0 Å². The van der Waals surface area contributed by atoms with Crippen LogP contribution in [0.4, 0.5) is 24.7 Å². The molecule has 0 spiro atoms. The van der Waals surface area contributed by atoms with Crippen molar-refractivity contribution in [3.8, 4) is 11.5 Å². The molecule has 1 aliphatic rings. The maximum Gasteiger partial charge on any atom is 0.410 e. The topological polar surface area (TPSA) is 77.4 Å². The number of nitrogens with zero attached hydrogens (tertiary/aromatic N) is 2. The monoisotopic (exact) mass is 494 g/mol. The van der Waals surface area contributed by atoms with E-state index in [2.05, 4.69) is 15.7 Å². The largest absolute Gasteiger partial charge is 0.493 e. The minimum atomic E-state index is -4.59. The van der Waals surface area contributed by atoms with E-state index in [0.29, 0.717) is 22.7 Å². The number of amides is 1. The van der Waals surface area contributed by atoms with Gasteiger partial charge in [0, 0.05) is 18.2 Å². The van der Waals surface area contributed by atoms with Crippen LogP contribution in [0.1, 0.15) is 40.1 Å². The molecule has 0 saturated carbocycles. The summed E-state index contributed by atoms with van der Waals surface area (Å²) in [6.07, 6.45) is -4.89. The number of carbonyl (C=O) groups is 1. The fraction of sp³-hybridized carbons (Fsp3) is 0.304. The van der Waals surface area contributed by atoms with E-state index in [4.69, 9.17) is 21.1 Å². The molecule has 0 bridgehead atoms. The molecule has 0 saturated heterocycles. The van der Waals surface area contributed by atoms with Gasteiger partial charge in [-0.25, -0.2) is 4.68 Å². The van der Waals surface area contributed by atoms with Crippen LogP contribution in [0.25, 0.3) is 0 Å². The van der Waals surface area contributed by atoms with Gasteiger partial charge in [-0.15, -0.1) is 0 Å². The Balaban J connectivity index is 1.67. The molecule has 2 N–H and O–H groups in total. The zero-order valence-electron chi connectivity index (χ0n) is 18.5. The summed E-state index contributed by atoms with van der Waals surface area (Å²) < 4.78 is 53.0. The molecule has 2 heterocycles. The van der Waals surface area contributed by atoms with Gasteiger partial charge < -0.3 is 20.1 Å². The average Bonchev–Trinajstić information content (AvgIpc) is 3.14. The molecule has 1 aromatic heterocycles. The van der Waals surface area contributed by atoms with Gasteiger partial charge in [-0.3, -0.25) is 4.79 Å². The van der Waals surface area contributed by atoms with Crippen molar-refractivity contribution in [1.82, 2.24) is 9.78 Å². The van der Waals surface area contributed by atoms with Gasteiger partial charge in [0.15, 0.2) is 23.2 Å². The van der Waals surface area contributed by atoms with E-state index in [-0.39, 0.29) is 23.0 Å². The van der Waals surface area contributed by atoms with E-state index in [1.807, 2.05) is 19.1 Å². The second-order valence-corrected chi connectivity index (χ2v) is 8.26. The van der Waals surface area contributed by atoms with E-state index >= 15 is 0 Å². The first-order valence-electron chi connectivity index (χ1n) is 10.3. The first-order chi connectivity index (χ1) is 16.1. The molecule has 7 nitrogen and oxygen atoms in total. The van der Waals surface area contributed by atoms with Gasteiger partial charge in [-0.1, -0.05) is 41.4 Å². The molecule has 34 heavy (non-hydrogen) atoms. The Morgan fingerprint density at radius 2 is 1.82 bits per heavy atom. The highest BCUT2D eigenvalue weighted by Gasteiger charge is 2.47. The van der Waals surface area contributed by atoms with Crippen LogP contribution in [0, 0.1) is 6.92 Å². The summed E-state index contributed by atoms with van der Waals surface area (Å²) in [5.74, 6) is 0.0117. The van der Waals surface area contributed by atoms with E-state index in [0.717, 1.165) is 10.2 Å². The number of rotatable bonds is 5. The lowest BCUT2D eigenvalue weighted by Crippen LogP contribution is -2.35. The molecule has 0 fully saturated rings. The second kappa shape index (κ2) is 9.09. The second-order valence-electron chi connectivity index (χ2n) is 7.88. The molecule has 1 amide bonds. The maximum absolute atomic E-state index is 14.0. The molecule has 2 atom stereocenters. The number of ether oxygens (including phenoxy) is 2. The smallest absolute Gasteiger partial charge is 0.410 e. The lowest BCUT2D eigenvalue weighted by molar-refractivity contribution is -0.173. The summed E-state index contributed by atoms with van der Waals surface area (Å²) in [4.78, 5) is 12.9. The van der Waals surface area contributed by atoms with E-state index in [1.54, 1.807) is 24.3 Å². The first kappa shape index (κ1) is 23.7. The van der Waals surface area contributed by atoms with Crippen molar-refractivity contribution in [2.45, 2.75) is 31.6 Å². The molecule has 180 valence electrons. The fourth-order valence-corrected chi connectivity index (χ4v) is 4.12. The highest BCUT2D eigenvalue weighted by atomic mass is 35.5. The highest BCUT2D eigenvalue weighted by molar-refractivity contribution is 6.36. The van der Waals surface area contributed by atoms with Crippen LogP contribution in [-0.4, -0.2) is 36.1 Å². The number of aromatic nitrogens is 2. The summed E-state index contributed by atoms with van der Waals surface area (Å²) >= 11 is 6.38. The number of halogens is 4. The highest BCUT2D eigenvalue weighted by Crippen LogP contribution is 2.46. The van der Waals surface area contributed by atoms with Crippen molar-refractivity contribution < 1.29 is 27.4 Å². The van der Waals surface area contributed by atoms with E-state index in [9.17, 15) is 18.0 Å². The number of hydrogen-bond donors (Lipinski definition) is 2. The van der Waals surface area contributed by atoms with Crippen molar-refractivity contribution in [3.05, 3.63) is 64.3 Å². The van der Waals surface area contributed by atoms with Crippen LogP contribution >= 0.6 is 11.6 Å². The summed E-state index contributed by atoms with van der Waals surface area (Å²) in [5, 5.41) is 9.38. The molecule has 0 aliphatic carbocycles. The van der Waals surface area contributed by atoms with Crippen LogP contribution in [0.3, 0.4) is 0 Å². The Hall–Kier alpha value is -3.40. The lowest BCUT2D eigenvalue weighted by atomic mass is 9.96. The Labute approximate surface area is 198 Å². The number of methoxy groups -OCH3 is 2. The molecular formula is C23H22ClF3N4O3. The molecule has 0 radical (unpaired) electrons. The third kappa shape index (κ3) is 4.50.